The normalized spacial score (nSPS) is 14.9. The lowest BCUT2D eigenvalue weighted by Crippen LogP contribution is -2.55. The Kier molecular flexibility index (Phi) is 3.99. The highest BCUT2D eigenvalue weighted by atomic mass is 35.5. The molecule has 0 aliphatic rings. The largest absolute Gasteiger partial charge is 0.356 e. The van der Waals surface area contributed by atoms with E-state index in [1.54, 1.807) is 12.3 Å². The lowest BCUT2D eigenvalue weighted by atomic mass is 9.88. The molecule has 0 spiro atoms. The molecule has 1 aromatic rings. The van der Waals surface area contributed by atoms with E-state index >= 15 is 0 Å². The number of halogens is 1. The molecule has 0 aliphatic carbocycles. The molecule has 5 heteroatoms. The number of aromatic nitrogens is 1. The minimum atomic E-state index is -0.408. The molecule has 0 saturated carbocycles. The molecule has 0 aliphatic heterocycles. The van der Waals surface area contributed by atoms with Crippen LogP contribution in [0.25, 0.3) is 0 Å². The van der Waals surface area contributed by atoms with E-state index in [1.165, 1.54) is 0 Å². The second-order valence-corrected chi connectivity index (χ2v) is 4.90. The quantitative estimate of drug-likeness (QED) is 0.754. The Morgan fingerprint density at radius 1 is 1.69 bits per heavy atom. The lowest BCUT2D eigenvalue weighted by Gasteiger charge is -2.33. The van der Waals surface area contributed by atoms with Gasteiger partial charge < -0.3 is 16.0 Å². The van der Waals surface area contributed by atoms with Crippen molar-refractivity contribution in [2.75, 3.05) is 6.54 Å². The summed E-state index contributed by atoms with van der Waals surface area (Å²) in [6, 6.07) is 1.59. The second-order valence-electron chi connectivity index (χ2n) is 4.46. The van der Waals surface area contributed by atoms with Crippen LogP contribution in [0.3, 0.4) is 0 Å². The first kappa shape index (κ1) is 13.1. The number of hydrogen-bond acceptors (Lipinski definition) is 2. The van der Waals surface area contributed by atoms with E-state index < -0.39 is 5.54 Å². The Labute approximate surface area is 101 Å². The molecule has 1 aromatic heterocycles. The molecule has 0 radical (unpaired) electrons. The Morgan fingerprint density at radius 2 is 2.31 bits per heavy atom. The van der Waals surface area contributed by atoms with E-state index in [9.17, 15) is 4.79 Å². The van der Waals surface area contributed by atoms with Crippen LogP contribution >= 0.6 is 11.6 Å². The highest BCUT2D eigenvalue weighted by Crippen LogP contribution is 2.16. The number of nitrogens with two attached hydrogens (primary N) is 1. The van der Waals surface area contributed by atoms with Gasteiger partial charge in [-0.2, -0.15) is 0 Å². The van der Waals surface area contributed by atoms with Crippen molar-refractivity contribution < 1.29 is 4.79 Å². The molecule has 1 amide bonds. The Hall–Kier alpha value is -1.00. The molecule has 16 heavy (non-hydrogen) atoms. The maximum Gasteiger partial charge on any atom is 0.268 e. The first-order valence-electron chi connectivity index (χ1n) is 5.25. The molecule has 4 N–H and O–H groups in total. The zero-order chi connectivity index (χ0) is 12.3. The standard InChI is InChI=1S/C11H18ClN3O/c1-7(2)11(3,6-13)15-10(16)9-4-8(12)5-14-9/h4-5,7,14H,6,13H2,1-3H3,(H,15,16). The first-order chi connectivity index (χ1) is 7.39. The van der Waals surface area contributed by atoms with Crippen LogP contribution in [0.4, 0.5) is 0 Å². The van der Waals surface area contributed by atoms with E-state index in [4.69, 9.17) is 17.3 Å². The van der Waals surface area contributed by atoms with Crippen molar-refractivity contribution in [3.8, 4) is 0 Å². The van der Waals surface area contributed by atoms with Gasteiger partial charge in [-0.1, -0.05) is 25.4 Å². The summed E-state index contributed by atoms with van der Waals surface area (Å²) in [4.78, 5) is 14.7. The minimum absolute atomic E-state index is 0.187. The second kappa shape index (κ2) is 4.89. The van der Waals surface area contributed by atoms with Crippen molar-refractivity contribution in [1.82, 2.24) is 10.3 Å². The number of aromatic amines is 1. The molecule has 0 saturated heterocycles. The number of nitrogens with one attached hydrogen (secondary N) is 2. The highest BCUT2D eigenvalue weighted by molar-refractivity contribution is 6.30. The lowest BCUT2D eigenvalue weighted by molar-refractivity contribution is 0.0878. The van der Waals surface area contributed by atoms with Gasteiger partial charge >= 0.3 is 0 Å². The van der Waals surface area contributed by atoms with E-state index in [1.807, 2.05) is 20.8 Å². The Bertz CT molecular complexity index is 375. The summed E-state index contributed by atoms with van der Waals surface area (Å²) in [6.07, 6.45) is 1.58. The predicted molar refractivity (Wildman–Crippen MR) is 65.6 cm³/mol. The minimum Gasteiger partial charge on any atom is -0.356 e. The molecule has 0 fully saturated rings. The zero-order valence-corrected chi connectivity index (χ0v) is 10.6. The molecular weight excluding hydrogens is 226 g/mol. The summed E-state index contributed by atoms with van der Waals surface area (Å²) in [5, 5.41) is 3.44. The SMILES string of the molecule is CC(C)C(C)(CN)NC(=O)c1cc(Cl)c[nH]1. The number of carbonyl (C=O) groups is 1. The average Bonchev–Trinajstić information content (AvgIpc) is 2.64. The average molecular weight is 244 g/mol. The number of carbonyl (C=O) groups excluding carboxylic acids is 1. The van der Waals surface area contributed by atoms with Gasteiger partial charge in [0.25, 0.3) is 5.91 Å². The monoisotopic (exact) mass is 243 g/mol. The van der Waals surface area contributed by atoms with Gasteiger partial charge in [-0.15, -0.1) is 0 Å². The van der Waals surface area contributed by atoms with Crippen LogP contribution in [0, 0.1) is 5.92 Å². The summed E-state index contributed by atoms with van der Waals surface area (Å²) in [5.74, 6) is 0.0698. The van der Waals surface area contributed by atoms with Crippen molar-refractivity contribution in [2.24, 2.45) is 11.7 Å². The van der Waals surface area contributed by atoms with Crippen LogP contribution < -0.4 is 11.1 Å². The van der Waals surface area contributed by atoms with E-state index in [0.29, 0.717) is 17.3 Å². The molecule has 1 unspecified atom stereocenters. The van der Waals surface area contributed by atoms with Gasteiger partial charge in [0, 0.05) is 12.7 Å². The van der Waals surface area contributed by atoms with Crippen molar-refractivity contribution in [3.05, 3.63) is 23.0 Å². The number of rotatable bonds is 4. The van der Waals surface area contributed by atoms with Crippen molar-refractivity contribution in [1.29, 1.82) is 0 Å². The van der Waals surface area contributed by atoms with Crippen LogP contribution in [-0.2, 0) is 0 Å². The van der Waals surface area contributed by atoms with Gasteiger partial charge in [0.2, 0.25) is 0 Å². The number of H-pyrrole nitrogens is 1. The van der Waals surface area contributed by atoms with Crippen LogP contribution in [0.5, 0.6) is 0 Å². The Balaban J connectivity index is 2.77. The van der Waals surface area contributed by atoms with Gasteiger partial charge in [0.05, 0.1) is 10.6 Å². The van der Waals surface area contributed by atoms with Crippen molar-refractivity contribution in [3.63, 3.8) is 0 Å². The number of amides is 1. The maximum absolute atomic E-state index is 11.9. The van der Waals surface area contributed by atoms with Crippen molar-refractivity contribution >= 4 is 17.5 Å². The maximum atomic E-state index is 11.9. The molecule has 4 nitrogen and oxygen atoms in total. The summed E-state index contributed by atoms with van der Waals surface area (Å²) in [5.41, 5.74) is 5.73. The highest BCUT2D eigenvalue weighted by Gasteiger charge is 2.29. The number of hydrogen-bond donors (Lipinski definition) is 3. The van der Waals surface area contributed by atoms with Gasteiger partial charge in [-0.25, -0.2) is 0 Å². The summed E-state index contributed by atoms with van der Waals surface area (Å²) >= 11 is 5.74. The third-order valence-electron chi connectivity index (χ3n) is 2.99. The van der Waals surface area contributed by atoms with Gasteiger partial charge in [-0.3, -0.25) is 4.79 Å². The zero-order valence-electron chi connectivity index (χ0n) is 9.80. The fourth-order valence-electron chi connectivity index (χ4n) is 1.26. The molecular formula is C11H18ClN3O. The van der Waals surface area contributed by atoms with Crippen LogP contribution in [0.1, 0.15) is 31.3 Å². The fraction of sp³-hybridized carbons (Fsp3) is 0.545. The molecule has 0 aromatic carbocycles. The molecule has 1 atom stereocenters. The van der Waals surface area contributed by atoms with Crippen LogP contribution in [-0.4, -0.2) is 23.0 Å². The van der Waals surface area contributed by atoms with E-state index in [2.05, 4.69) is 10.3 Å². The molecule has 1 rings (SSSR count). The molecule has 0 bridgehead atoms. The molecule has 90 valence electrons. The van der Waals surface area contributed by atoms with Crippen LogP contribution in [0.15, 0.2) is 12.3 Å². The van der Waals surface area contributed by atoms with E-state index in [-0.39, 0.29) is 11.8 Å². The topological polar surface area (TPSA) is 70.9 Å². The molecule has 1 heterocycles. The summed E-state index contributed by atoms with van der Waals surface area (Å²) in [7, 11) is 0. The van der Waals surface area contributed by atoms with Crippen molar-refractivity contribution in [2.45, 2.75) is 26.3 Å². The van der Waals surface area contributed by atoms with Gasteiger partial charge in [0.15, 0.2) is 0 Å². The van der Waals surface area contributed by atoms with Gasteiger partial charge in [0.1, 0.15) is 5.69 Å². The third kappa shape index (κ3) is 2.77. The Morgan fingerprint density at radius 3 is 2.69 bits per heavy atom. The predicted octanol–water partition coefficient (Wildman–Crippen LogP) is 1.77. The van der Waals surface area contributed by atoms with E-state index in [0.717, 1.165) is 0 Å². The fourth-order valence-corrected chi connectivity index (χ4v) is 1.42. The first-order valence-corrected chi connectivity index (χ1v) is 5.63. The van der Waals surface area contributed by atoms with Crippen LogP contribution in [0.2, 0.25) is 5.02 Å². The summed E-state index contributed by atoms with van der Waals surface area (Å²) in [6.45, 7) is 6.37. The van der Waals surface area contributed by atoms with Gasteiger partial charge in [-0.05, 0) is 18.9 Å². The summed E-state index contributed by atoms with van der Waals surface area (Å²) < 4.78 is 0. The smallest absolute Gasteiger partial charge is 0.268 e. The third-order valence-corrected chi connectivity index (χ3v) is 3.21.